The summed E-state index contributed by atoms with van der Waals surface area (Å²) in [4.78, 5) is 17.9. The number of aryl methyl sites for hydroxylation is 3. The molecule has 0 amide bonds. The fraction of sp³-hybridized carbons (Fsp3) is 0.304. The largest absolute Gasteiger partial charge is 0.464 e. The van der Waals surface area contributed by atoms with Crippen LogP contribution in [0.5, 0.6) is 0 Å². The Morgan fingerprint density at radius 1 is 1.15 bits per heavy atom. The van der Waals surface area contributed by atoms with Gasteiger partial charge in [0.1, 0.15) is 0 Å². The minimum atomic E-state index is -0.497. The van der Waals surface area contributed by atoms with Crippen LogP contribution >= 0.6 is 46.3 Å². The van der Waals surface area contributed by atoms with Crippen molar-refractivity contribution in [3.05, 3.63) is 51.5 Å². The van der Waals surface area contributed by atoms with E-state index in [9.17, 15) is 4.79 Å². The lowest BCUT2D eigenvalue weighted by molar-refractivity contribution is 0.0591. The van der Waals surface area contributed by atoms with Crippen molar-refractivity contribution in [3.8, 4) is 27.5 Å². The van der Waals surface area contributed by atoms with E-state index in [-0.39, 0.29) is 0 Å². The average molecular weight is 537 g/mol. The Labute approximate surface area is 216 Å². The lowest BCUT2D eigenvalue weighted by Gasteiger charge is -2.05. The van der Waals surface area contributed by atoms with Crippen molar-refractivity contribution < 1.29 is 9.53 Å². The summed E-state index contributed by atoms with van der Waals surface area (Å²) in [6.45, 7) is 7.99. The number of thioether (sulfide) groups is 1. The predicted octanol–water partition coefficient (Wildman–Crippen LogP) is 6.61. The Bertz CT molecular complexity index is 1390. The normalized spacial score (nSPS) is 11.4. The van der Waals surface area contributed by atoms with Crippen molar-refractivity contribution in [2.24, 2.45) is 7.05 Å². The second kappa shape index (κ2) is 9.73. The molecule has 3 heterocycles. The van der Waals surface area contributed by atoms with Crippen LogP contribution in [0.3, 0.4) is 0 Å². The molecule has 3 aromatic heterocycles. The highest BCUT2D eigenvalue weighted by molar-refractivity contribution is 8.01. The van der Waals surface area contributed by atoms with Gasteiger partial charge >= 0.3 is 5.97 Å². The lowest BCUT2D eigenvalue weighted by atomic mass is 10.0. The van der Waals surface area contributed by atoms with Crippen LogP contribution in [-0.4, -0.2) is 42.9 Å². The van der Waals surface area contributed by atoms with Crippen LogP contribution in [0.1, 0.15) is 35.7 Å². The highest BCUT2D eigenvalue weighted by Crippen LogP contribution is 2.42. The predicted molar refractivity (Wildman–Crippen MR) is 139 cm³/mol. The molecule has 0 spiro atoms. The number of methoxy groups -OCH3 is 1. The number of halogens is 2. The number of carbonyl (C=O) groups excluding carboxylic acids is 1. The summed E-state index contributed by atoms with van der Waals surface area (Å²) >= 11 is 15.6. The molecule has 0 saturated carbocycles. The smallest absolute Gasteiger partial charge is 0.357 e. The van der Waals surface area contributed by atoms with E-state index in [2.05, 4.69) is 18.9 Å². The minimum Gasteiger partial charge on any atom is -0.464 e. The Hall–Kier alpha value is -2.33. The molecular weight excluding hydrogens is 513 g/mol. The van der Waals surface area contributed by atoms with E-state index in [1.165, 1.54) is 18.4 Å². The zero-order valence-electron chi connectivity index (χ0n) is 19.5. The number of aromatic nitrogens is 5. The topological polar surface area (TPSA) is 74.8 Å². The van der Waals surface area contributed by atoms with Crippen LogP contribution in [0.2, 0.25) is 10.0 Å². The van der Waals surface area contributed by atoms with Gasteiger partial charge in [-0.3, -0.25) is 4.68 Å². The summed E-state index contributed by atoms with van der Waals surface area (Å²) in [7, 11) is 3.20. The van der Waals surface area contributed by atoms with E-state index in [1.54, 1.807) is 33.3 Å². The summed E-state index contributed by atoms with van der Waals surface area (Å²) in [5.74, 6) is -0.497. The summed E-state index contributed by atoms with van der Waals surface area (Å²) < 4.78 is 9.42. The molecule has 0 saturated heterocycles. The van der Waals surface area contributed by atoms with E-state index < -0.39 is 5.97 Å². The van der Waals surface area contributed by atoms with Crippen molar-refractivity contribution in [1.82, 2.24) is 24.5 Å². The molecule has 0 aliphatic heterocycles. The first-order valence-electron chi connectivity index (χ1n) is 10.4. The van der Waals surface area contributed by atoms with Gasteiger partial charge in [0, 0.05) is 35.2 Å². The zero-order valence-corrected chi connectivity index (χ0v) is 22.7. The van der Waals surface area contributed by atoms with E-state index in [0.29, 0.717) is 37.4 Å². The molecule has 0 atom stereocenters. The van der Waals surface area contributed by atoms with Gasteiger partial charge in [-0.2, -0.15) is 14.9 Å². The molecule has 0 radical (unpaired) electrons. The molecule has 34 heavy (non-hydrogen) atoms. The first kappa shape index (κ1) is 24.8. The van der Waals surface area contributed by atoms with Crippen LogP contribution in [0.4, 0.5) is 0 Å². The van der Waals surface area contributed by atoms with Crippen LogP contribution in [-0.2, 0) is 11.8 Å². The maximum atomic E-state index is 13.0. The number of esters is 1. The third kappa shape index (κ3) is 4.62. The van der Waals surface area contributed by atoms with Gasteiger partial charge in [-0.1, -0.05) is 54.5 Å². The molecule has 0 fully saturated rings. The number of nitrogens with zero attached hydrogens (tertiary/aromatic N) is 5. The van der Waals surface area contributed by atoms with Crippen LogP contribution in [0.25, 0.3) is 27.5 Å². The maximum absolute atomic E-state index is 13.0. The Kier molecular flexibility index (Phi) is 7.09. The third-order valence-corrected chi connectivity index (χ3v) is 8.01. The highest BCUT2D eigenvalue weighted by atomic mass is 35.5. The fourth-order valence-corrected chi connectivity index (χ4v) is 6.40. The first-order chi connectivity index (χ1) is 16.1. The molecule has 0 aliphatic rings. The monoisotopic (exact) mass is 535 g/mol. The molecule has 0 bridgehead atoms. The number of benzene rings is 1. The second-order valence-electron chi connectivity index (χ2n) is 7.94. The molecule has 0 aliphatic carbocycles. The Balaban J connectivity index is 1.95. The first-order valence-corrected chi connectivity index (χ1v) is 12.9. The molecular formula is C23H23Cl2N5O2S2. The summed E-state index contributed by atoms with van der Waals surface area (Å²) in [5, 5.41) is 10.9. The number of hydrogen-bond donors (Lipinski definition) is 0. The van der Waals surface area contributed by atoms with Gasteiger partial charge in [-0.25, -0.2) is 9.78 Å². The molecule has 0 unspecified atom stereocenters. The van der Waals surface area contributed by atoms with Gasteiger partial charge in [-0.05, 0) is 26.0 Å². The van der Waals surface area contributed by atoms with Crippen molar-refractivity contribution >= 4 is 52.3 Å². The van der Waals surface area contributed by atoms with E-state index in [4.69, 9.17) is 38.0 Å². The number of carbonyl (C=O) groups is 1. The third-order valence-electron chi connectivity index (χ3n) is 5.02. The van der Waals surface area contributed by atoms with Crippen molar-refractivity contribution in [1.29, 1.82) is 0 Å². The summed E-state index contributed by atoms with van der Waals surface area (Å²) in [6.07, 6.45) is 1.87. The quantitative estimate of drug-likeness (QED) is 0.204. The van der Waals surface area contributed by atoms with Crippen LogP contribution in [0.15, 0.2) is 28.6 Å². The summed E-state index contributed by atoms with van der Waals surface area (Å²) in [5.41, 5.74) is 4.90. The Morgan fingerprint density at radius 2 is 1.88 bits per heavy atom. The van der Waals surface area contributed by atoms with Crippen molar-refractivity contribution in [3.63, 3.8) is 0 Å². The van der Waals surface area contributed by atoms with Crippen molar-refractivity contribution in [2.75, 3.05) is 7.11 Å². The molecule has 4 rings (SSSR count). The molecule has 1 aromatic carbocycles. The van der Waals surface area contributed by atoms with Gasteiger partial charge in [0.25, 0.3) is 0 Å². The maximum Gasteiger partial charge on any atom is 0.357 e. The van der Waals surface area contributed by atoms with E-state index >= 15 is 0 Å². The number of hydrogen-bond acceptors (Lipinski definition) is 7. The van der Waals surface area contributed by atoms with Gasteiger partial charge in [0.2, 0.25) is 5.13 Å². The average Bonchev–Trinajstić information content (AvgIpc) is 3.43. The molecule has 0 N–H and O–H groups in total. The SMILES string of the molecule is COC(=O)c1c(-c2cn(C)nc2C)c(C)nn1-c1nc(-c2ccc(Cl)c(Cl)c2)c(SC(C)C)s1. The minimum absolute atomic E-state index is 0.312. The molecule has 4 aromatic rings. The van der Waals surface area contributed by atoms with Gasteiger partial charge in [-0.15, -0.1) is 11.8 Å². The van der Waals surface area contributed by atoms with Crippen molar-refractivity contribution in [2.45, 2.75) is 37.2 Å². The van der Waals surface area contributed by atoms with Gasteiger partial charge in [0.05, 0.1) is 38.4 Å². The number of thiazole rings is 1. The fourth-order valence-electron chi connectivity index (χ4n) is 3.62. The van der Waals surface area contributed by atoms with Gasteiger partial charge in [0.15, 0.2) is 5.69 Å². The highest BCUT2D eigenvalue weighted by Gasteiger charge is 2.29. The van der Waals surface area contributed by atoms with Gasteiger partial charge < -0.3 is 4.74 Å². The Morgan fingerprint density at radius 3 is 2.47 bits per heavy atom. The van der Waals surface area contributed by atoms with Crippen LogP contribution in [0, 0.1) is 13.8 Å². The lowest BCUT2D eigenvalue weighted by Crippen LogP contribution is -2.11. The summed E-state index contributed by atoms with van der Waals surface area (Å²) in [6, 6.07) is 5.44. The number of ether oxygens (including phenoxy) is 1. The zero-order chi connectivity index (χ0) is 24.7. The molecule has 178 valence electrons. The van der Waals surface area contributed by atoms with E-state index in [0.717, 1.165) is 26.7 Å². The molecule has 11 heteroatoms. The van der Waals surface area contributed by atoms with E-state index in [1.807, 2.05) is 33.2 Å². The van der Waals surface area contributed by atoms with Crippen LogP contribution < -0.4 is 0 Å². The molecule has 7 nitrogen and oxygen atoms in total. The second-order valence-corrected chi connectivity index (χ2v) is 11.6. The number of rotatable bonds is 6. The standard InChI is InChI=1S/C23H23Cl2N5O2S2/c1-11(2)33-22-19(14-7-8-16(24)17(25)9-14)26-23(34-22)30-20(21(31)32-6)18(13(4)28-30)15-10-29(5)27-12(15)3/h7-11H,1-6H3.